The first kappa shape index (κ1) is 9.22. The summed E-state index contributed by atoms with van der Waals surface area (Å²) in [7, 11) is 0. The standard InChI is InChI=1S/C10H16/c1-5-10(4)8-6-7-9(2)3/h5-6,8,10H,1-2,7H2,3-4H3/b8-6+/t10-/m1/s1. The molecule has 10 heavy (non-hydrogen) atoms. The second kappa shape index (κ2) is 5.04. The number of rotatable bonds is 4. The molecule has 0 radical (unpaired) electrons. The van der Waals surface area contributed by atoms with Crippen LogP contribution in [0, 0.1) is 5.92 Å². The molecule has 0 heteroatoms. The predicted molar refractivity (Wildman–Crippen MR) is 47.9 cm³/mol. The lowest BCUT2D eigenvalue weighted by Gasteiger charge is -1.94. The topological polar surface area (TPSA) is 0 Å². The number of allylic oxidation sites excluding steroid dienone is 4. The van der Waals surface area contributed by atoms with Crippen molar-refractivity contribution in [3.63, 3.8) is 0 Å². The van der Waals surface area contributed by atoms with Crippen LogP contribution in [0.3, 0.4) is 0 Å². The molecule has 0 aromatic rings. The average molecular weight is 136 g/mol. The van der Waals surface area contributed by atoms with Crippen molar-refractivity contribution in [3.8, 4) is 0 Å². The summed E-state index contributed by atoms with van der Waals surface area (Å²) in [5.74, 6) is 0.486. The molecule has 0 unspecified atom stereocenters. The highest BCUT2D eigenvalue weighted by Gasteiger charge is 1.85. The van der Waals surface area contributed by atoms with Gasteiger partial charge in [-0.25, -0.2) is 0 Å². The van der Waals surface area contributed by atoms with Gasteiger partial charge in [0, 0.05) is 0 Å². The summed E-state index contributed by atoms with van der Waals surface area (Å²) in [6, 6.07) is 0. The minimum atomic E-state index is 0.486. The van der Waals surface area contributed by atoms with Crippen LogP contribution in [0.1, 0.15) is 20.3 Å². The van der Waals surface area contributed by atoms with Gasteiger partial charge in [-0.2, -0.15) is 0 Å². The quantitative estimate of drug-likeness (QED) is 0.520. The molecule has 0 fully saturated rings. The van der Waals surface area contributed by atoms with Gasteiger partial charge >= 0.3 is 0 Å². The molecule has 0 heterocycles. The highest BCUT2D eigenvalue weighted by Crippen LogP contribution is 2.01. The van der Waals surface area contributed by atoms with Crippen molar-refractivity contribution in [2.75, 3.05) is 0 Å². The van der Waals surface area contributed by atoms with E-state index >= 15 is 0 Å². The van der Waals surface area contributed by atoms with Crippen LogP contribution in [0.4, 0.5) is 0 Å². The van der Waals surface area contributed by atoms with Crippen molar-refractivity contribution < 1.29 is 0 Å². The molecule has 0 saturated carbocycles. The van der Waals surface area contributed by atoms with Gasteiger partial charge in [0.25, 0.3) is 0 Å². The van der Waals surface area contributed by atoms with Gasteiger partial charge in [0.1, 0.15) is 0 Å². The summed E-state index contributed by atoms with van der Waals surface area (Å²) < 4.78 is 0. The molecule has 0 rings (SSSR count). The fraction of sp³-hybridized carbons (Fsp3) is 0.400. The van der Waals surface area contributed by atoms with Crippen LogP contribution in [-0.2, 0) is 0 Å². The van der Waals surface area contributed by atoms with Gasteiger partial charge in [0.15, 0.2) is 0 Å². The van der Waals surface area contributed by atoms with Crippen molar-refractivity contribution >= 4 is 0 Å². The third-order valence-corrected chi connectivity index (χ3v) is 1.28. The normalized spacial score (nSPS) is 13.4. The third kappa shape index (κ3) is 5.36. The second-order valence-electron chi connectivity index (χ2n) is 2.68. The molecule has 0 saturated heterocycles. The Labute approximate surface area is 64.0 Å². The number of hydrogen-bond acceptors (Lipinski definition) is 0. The van der Waals surface area contributed by atoms with E-state index in [2.05, 4.69) is 32.2 Å². The first-order chi connectivity index (χ1) is 4.66. The summed E-state index contributed by atoms with van der Waals surface area (Å²) in [6.45, 7) is 11.6. The Morgan fingerprint density at radius 2 is 2.20 bits per heavy atom. The lowest BCUT2D eigenvalue weighted by molar-refractivity contribution is 0.935. The maximum atomic E-state index is 3.80. The van der Waals surface area contributed by atoms with E-state index in [9.17, 15) is 0 Å². The molecule has 0 nitrogen and oxygen atoms in total. The van der Waals surface area contributed by atoms with Crippen LogP contribution < -0.4 is 0 Å². The Hall–Kier alpha value is -0.780. The van der Waals surface area contributed by atoms with E-state index in [1.54, 1.807) is 0 Å². The summed E-state index contributed by atoms with van der Waals surface area (Å²) in [5, 5.41) is 0. The van der Waals surface area contributed by atoms with Crippen LogP contribution in [0.2, 0.25) is 0 Å². The zero-order valence-electron chi connectivity index (χ0n) is 6.93. The van der Waals surface area contributed by atoms with Crippen LogP contribution in [0.5, 0.6) is 0 Å². The largest absolute Gasteiger partial charge is 0.102 e. The molecule has 0 aliphatic rings. The minimum Gasteiger partial charge on any atom is -0.102 e. The third-order valence-electron chi connectivity index (χ3n) is 1.28. The molecule has 0 aromatic heterocycles. The fourth-order valence-corrected chi connectivity index (χ4v) is 0.562. The van der Waals surface area contributed by atoms with Gasteiger partial charge in [-0.15, -0.1) is 6.58 Å². The summed E-state index contributed by atoms with van der Waals surface area (Å²) in [5.41, 5.74) is 1.20. The second-order valence-corrected chi connectivity index (χ2v) is 2.68. The van der Waals surface area contributed by atoms with Crippen molar-refractivity contribution in [1.82, 2.24) is 0 Å². The molecule has 0 spiro atoms. The van der Waals surface area contributed by atoms with E-state index in [0.717, 1.165) is 6.42 Å². The van der Waals surface area contributed by atoms with E-state index in [4.69, 9.17) is 0 Å². The summed E-state index contributed by atoms with van der Waals surface area (Å²) >= 11 is 0. The minimum absolute atomic E-state index is 0.486. The molecule has 0 bridgehead atoms. The maximum Gasteiger partial charge on any atom is -0.00845 e. The molecular weight excluding hydrogens is 120 g/mol. The van der Waals surface area contributed by atoms with E-state index in [1.165, 1.54) is 5.57 Å². The zero-order chi connectivity index (χ0) is 7.98. The lowest BCUT2D eigenvalue weighted by Crippen LogP contribution is -1.79. The van der Waals surface area contributed by atoms with Gasteiger partial charge in [0.2, 0.25) is 0 Å². The molecule has 0 amide bonds. The smallest absolute Gasteiger partial charge is 0.00845 e. The number of hydrogen-bond donors (Lipinski definition) is 0. The van der Waals surface area contributed by atoms with Gasteiger partial charge in [-0.1, -0.05) is 37.3 Å². The summed E-state index contributed by atoms with van der Waals surface area (Å²) in [4.78, 5) is 0. The molecule has 0 N–H and O–H groups in total. The Morgan fingerprint density at radius 1 is 1.60 bits per heavy atom. The van der Waals surface area contributed by atoms with Gasteiger partial charge in [0.05, 0.1) is 0 Å². The van der Waals surface area contributed by atoms with E-state index in [1.807, 2.05) is 13.0 Å². The Kier molecular flexibility index (Phi) is 4.65. The monoisotopic (exact) mass is 136 g/mol. The van der Waals surface area contributed by atoms with Gasteiger partial charge < -0.3 is 0 Å². The fourth-order valence-electron chi connectivity index (χ4n) is 0.562. The van der Waals surface area contributed by atoms with Crippen LogP contribution in [-0.4, -0.2) is 0 Å². The molecule has 0 aliphatic carbocycles. The van der Waals surface area contributed by atoms with Crippen molar-refractivity contribution in [3.05, 3.63) is 37.0 Å². The molecule has 0 aliphatic heterocycles. The van der Waals surface area contributed by atoms with Gasteiger partial charge in [-0.3, -0.25) is 0 Å². The summed E-state index contributed by atoms with van der Waals surface area (Å²) in [6.07, 6.45) is 7.18. The molecule has 0 aromatic carbocycles. The molecule has 56 valence electrons. The van der Waals surface area contributed by atoms with Crippen LogP contribution in [0.15, 0.2) is 37.0 Å². The Balaban J connectivity index is 3.55. The SMILES string of the molecule is C=C[C@@H](C)/C=C/CC(=C)C. The first-order valence-corrected chi connectivity index (χ1v) is 3.60. The first-order valence-electron chi connectivity index (χ1n) is 3.60. The zero-order valence-corrected chi connectivity index (χ0v) is 6.93. The lowest BCUT2D eigenvalue weighted by atomic mass is 10.1. The Morgan fingerprint density at radius 3 is 2.60 bits per heavy atom. The van der Waals surface area contributed by atoms with Crippen LogP contribution >= 0.6 is 0 Å². The van der Waals surface area contributed by atoms with E-state index in [-0.39, 0.29) is 0 Å². The van der Waals surface area contributed by atoms with E-state index in [0.29, 0.717) is 5.92 Å². The van der Waals surface area contributed by atoms with Crippen LogP contribution in [0.25, 0.3) is 0 Å². The molecule has 1 atom stereocenters. The predicted octanol–water partition coefficient (Wildman–Crippen LogP) is 3.33. The van der Waals surface area contributed by atoms with Crippen molar-refractivity contribution in [2.24, 2.45) is 5.92 Å². The Bertz CT molecular complexity index is 140. The van der Waals surface area contributed by atoms with Crippen molar-refractivity contribution in [1.29, 1.82) is 0 Å². The van der Waals surface area contributed by atoms with Gasteiger partial charge in [-0.05, 0) is 19.3 Å². The molecular formula is C10H16. The maximum absolute atomic E-state index is 3.80. The van der Waals surface area contributed by atoms with Crippen molar-refractivity contribution in [2.45, 2.75) is 20.3 Å². The highest BCUT2D eigenvalue weighted by atomic mass is 13.9. The van der Waals surface area contributed by atoms with E-state index < -0.39 is 0 Å². The highest BCUT2D eigenvalue weighted by molar-refractivity contribution is 5.02. The average Bonchev–Trinajstić information content (AvgIpc) is 1.87.